The molecule has 0 aliphatic carbocycles. The molecule has 31 heavy (non-hydrogen) atoms. The highest BCUT2D eigenvalue weighted by Gasteiger charge is 2.27. The molecule has 0 saturated carbocycles. The average molecular weight is 424 g/mol. The Morgan fingerprint density at radius 2 is 2.19 bits per heavy atom. The number of carbonyl (C=O) groups excluding carboxylic acids is 1. The van der Waals surface area contributed by atoms with Crippen molar-refractivity contribution in [3.05, 3.63) is 59.7 Å². The molecule has 1 aromatic heterocycles. The third-order valence-electron chi connectivity index (χ3n) is 5.38. The van der Waals surface area contributed by atoms with Gasteiger partial charge >= 0.3 is 0 Å². The van der Waals surface area contributed by atoms with Crippen molar-refractivity contribution in [1.82, 2.24) is 15.0 Å². The summed E-state index contributed by atoms with van der Waals surface area (Å²) >= 11 is 0. The Kier molecular flexibility index (Phi) is 6.27. The Morgan fingerprint density at radius 1 is 1.32 bits per heavy atom. The Balaban J connectivity index is 1.39. The van der Waals surface area contributed by atoms with E-state index < -0.39 is 0 Å². The van der Waals surface area contributed by atoms with Gasteiger partial charge in [-0.15, -0.1) is 0 Å². The number of benzene rings is 2. The molecule has 4 rings (SSSR count). The number of likely N-dealkylation sites (tertiary alicyclic amines) is 1. The van der Waals surface area contributed by atoms with E-state index in [1.807, 2.05) is 25.1 Å². The van der Waals surface area contributed by atoms with Gasteiger partial charge in [0.1, 0.15) is 11.6 Å². The van der Waals surface area contributed by atoms with Gasteiger partial charge in [-0.3, -0.25) is 9.69 Å². The number of hydrogen-bond donors (Lipinski definition) is 1. The molecular weight excluding hydrogens is 399 g/mol. The number of nitrogens with zero attached hydrogens (tertiary/aromatic N) is 3. The molecule has 0 radical (unpaired) electrons. The third kappa shape index (κ3) is 5.08. The fourth-order valence-electron chi connectivity index (χ4n) is 3.86. The number of ether oxygens (including phenoxy) is 1. The van der Waals surface area contributed by atoms with Gasteiger partial charge in [0.15, 0.2) is 0 Å². The Hall–Kier alpha value is -3.26. The van der Waals surface area contributed by atoms with E-state index in [-0.39, 0.29) is 24.2 Å². The lowest BCUT2D eigenvalue weighted by molar-refractivity contribution is -0.117. The molecule has 8 heteroatoms. The van der Waals surface area contributed by atoms with Crippen LogP contribution in [0.5, 0.6) is 5.75 Å². The van der Waals surface area contributed by atoms with Crippen LogP contribution in [0.15, 0.2) is 47.0 Å². The minimum absolute atomic E-state index is 0.0323. The zero-order valence-corrected chi connectivity index (χ0v) is 17.6. The highest BCUT2D eigenvalue weighted by atomic mass is 19.1. The van der Waals surface area contributed by atoms with Crippen molar-refractivity contribution < 1.29 is 18.4 Å². The highest BCUT2D eigenvalue weighted by molar-refractivity contribution is 5.93. The number of nitrogens with one attached hydrogen (secondary N) is 1. The number of anilines is 1. The normalized spacial score (nSPS) is 16.8. The summed E-state index contributed by atoms with van der Waals surface area (Å²) in [6.07, 6.45) is 1.82. The van der Waals surface area contributed by atoms with Gasteiger partial charge in [0, 0.05) is 12.1 Å². The van der Waals surface area contributed by atoms with Crippen LogP contribution in [0.3, 0.4) is 0 Å². The molecule has 1 N–H and O–H groups in total. The molecular formula is C23H25FN4O3. The highest BCUT2D eigenvalue weighted by Crippen LogP contribution is 2.28. The second kappa shape index (κ2) is 9.26. The van der Waals surface area contributed by atoms with E-state index in [1.165, 1.54) is 12.1 Å². The summed E-state index contributed by atoms with van der Waals surface area (Å²) < 4.78 is 24.3. The predicted octanol–water partition coefficient (Wildman–Crippen LogP) is 4.01. The number of methoxy groups -OCH3 is 1. The summed E-state index contributed by atoms with van der Waals surface area (Å²) in [6, 6.07) is 11.8. The Labute approximate surface area is 180 Å². The first-order chi connectivity index (χ1) is 15.0. The van der Waals surface area contributed by atoms with E-state index >= 15 is 0 Å². The molecule has 0 spiro atoms. The van der Waals surface area contributed by atoms with Crippen molar-refractivity contribution in [2.75, 3.05) is 32.1 Å². The molecule has 2 aromatic carbocycles. The van der Waals surface area contributed by atoms with E-state index in [9.17, 15) is 9.18 Å². The van der Waals surface area contributed by atoms with Crippen LogP contribution in [0.1, 0.15) is 30.2 Å². The summed E-state index contributed by atoms with van der Waals surface area (Å²) in [4.78, 5) is 19.2. The van der Waals surface area contributed by atoms with Crippen molar-refractivity contribution in [1.29, 1.82) is 0 Å². The van der Waals surface area contributed by atoms with Gasteiger partial charge in [0.2, 0.25) is 17.6 Å². The number of halogens is 1. The van der Waals surface area contributed by atoms with Gasteiger partial charge in [-0.05, 0) is 56.1 Å². The molecule has 1 atom stereocenters. The fourth-order valence-corrected chi connectivity index (χ4v) is 3.86. The predicted molar refractivity (Wildman–Crippen MR) is 114 cm³/mol. The fraction of sp³-hybridized carbons (Fsp3) is 0.348. The summed E-state index contributed by atoms with van der Waals surface area (Å²) in [7, 11) is 1.58. The molecule has 0 bridgehead atoms. The van der Waals surface area contributed by atoms with E-state index in [0.29, 0.717) is 35.3 Å². The van der Waals surface area contributed by atoms with Crippen molar-refractivity contribution in [3.8, 4) is 17.1 Å². The van der Waals surface area contributed by atoms with Crippen molar-refractivity contribution in [2.45, 2.75) is 25.7 Å². The maximum absolute atomic E-state index is 13.5. The first kappa shape index (κ1) is 21.0. The molecule has 1 fully saturated rings. The van der Waals surface area contributed by atoms with Gasteiger partial charge in [-0.1, -0.05) is 23.4 Å². The molecule has 162 valence electrons. The van der Waals surface area contributed by atoms with Crippen molar-refractivity contribution in [2.24, 2.45) is 0 Å². The molecule has 1 amide bonds. The molecule has 3 aromatic rings. The summed E-state index contributed by atoms with van der Waals surface area (Å²) in [5.41, 5.74) is 2.28. The number of carbonyl (C=O) groups is 1. The standard InChI is InChI=1S/C23H25FN4O3/c1-15-8-9-20(30-2)19(11-15)25-21(29)14-28-10-4-6-17(13-28)23-26-22(27-31-23)16-5-3-7-18(24)12-16/h3,5,7-9,11-12,17H,4,6,10,13-14H2,1-2H3,(H,25,29). The van der Waals surface area contributed by atoms with Gasteiger partial charge < -0.3 is 14.6 Å². The lowest BCUT2D eigenvalue weighted by Gasteiger charge is -2.30. The number of hydrogen-bond acceptors (Lipinski definition) is 6. The molecule has 7 nitrogen and oxygen atoms in total. The van der Waals surface area contributed by atoms with E-state index in [1.54, 1.807) is 19.2 Å². The number of rotatable bonds is 6. The number of piperidine rings is 1. The van der Waals surface area contributed by atoms with Gasteiger partial charge in [0.05, 0.1) is 25.3 Å². The SMILES string of the molecule is COc1ccc(C)cc1NC(=O)CN1CCCC(c2nc(-c3cccc(F)c3)no2)C1. The van der Waals surface area contributed by atoms with Gasteiger partial charge in [-0.2, -0.15) is 4.98 Å². The Morgan fingerprint density at radius 3 is 3.00 bits per heavy atom. The van der Waals surface area contributed by atoms with Crippen LogP contribution in [0.4, 0.5) is 10.1 Å². The largest absolute Gasteiger partial charge is 0.495 e. The van der Waals surface area contributed by atoms with Crippen LogP contribution in [0, 0.1) is 12.7 Å². The molecule has 1 aliphatic heterocycles. The van der Waals surface area contributed by atoms with Crippen molar-refractivity contribution >= 4 is 11.6 Å². The lowest BCUT2D eigenvalue weighted by atomic mass is 9.98. The number of aryl methyl sites for hydroxylation is 1. The quantitative estimate of drug-likeness (QED) is 0.644. The summed E-state index contributed by atoms with van der Waals surface area (Å²) in [6.45, 7) is 3.69. The zero-order valence-electron chi connectivity index (χ0n) is 17.6. The summed E-state index contributed by atoms with van der Waals surface area (Å²) in [5, 5.41) is 6.95. The molecule has 2 heterocycles. The van der Waals surface area contributed by atoms with Crippen molar-refractivity contribution in [3.63, 3.8) is 0 Å². The first-order valence-electron chi connectivity index (χ1n) is 10.3. The van der Waals surface area contributed by atoms with Crippen LogP contribution in [0.25, 0.3) is 11.4 Å². The van der Waals surface area contributed by atoms with E-state index in [0.717, 1.165) is 24.9 Å². The van der Waals surface area contributed by atoms with Gasteiger partial charge in [0.25, 0.3) is 0 Å². The maximum Gasteiger partial charge on any atom is 0.238 e. The minimum atomic E-state index is -0.344. The second-order valence-corrected chi connectivity index (χ2v) is 7.79. The van der Waals surface area contributed by atoms with Crippen LogP contribution >= 0.6 is 0 Å². The monoisotopic (exact) mass is 424 g/mol. The Bertz CT molecular complexity index is 1070. The van der Waals surface area contributed by atoms with Crippen LogP contribution < -0.4 is 10.1 Å². The molecule has 1 unspecified atom stereocenters. The third-order valence-corrected chi connectivity index (χ3v) is 5.38. The van der Waals surface area contributed by atoms with E-state index in [2.05, 4.69) is 20.4 Å². The lowest BCUT2D eigenvalue weighted by Crippen LogP contribution is -2.39. The molecule has 1 saturated heterocycles. The van der Waals surface area contributed by atoms with Gasteiger partial charge in [-0.25, -0.2) is 4.39 Å². The van der Waals surface area contributed by atoms with Crippen LogP contribution in [0.2, 0.25) is 0 Å². The summed E-state index contributed by atoms with van der Waals surface area (Å²) in [5.74, 6) is 1.11. The van der Waals surface area contributed by atoms with Crippen LogP contribution in [-0.4, -0.2) is 47.7 Å². The smallest absolute Gasteiger partial charge is 0.238 e. The van der Waals surface area contributed by atoms with Crippen LogP contribution in [-0.2, 0) is 4.79 Å². The van der Waals surface area contributed by atoms with E-state index in [4.69, 9.17) is 9.26 Å². The average Bonchev–Trinajstić information content (AvgIpc) is 3.24. The number of amides is 1. The topological polar surface area (TPSA) is 80.5 Å². The molecule has 1 aliphatic rings. The maximum atomic E-state index is 13.5. The minimum Gasteiger partial charge on any atom is -0.495 e. The first-order valence-corrected chi connectivity index (χ1v) is 10.3. The second-order valence-electron chi connectivity index (χ2n) is 7.79. The number of aromatic nitrogens is 2. The zero-order chi connectivity index (χ0) is 21.8.